The number of nitrogens with one attached hydrogen (secondary N) is 2. The number of hydroxylamine groups is 2. The second-order valence-corrected chi connectivity index (χ2v) is 9.57. The van der Waals surface area contributed by atoms with Crippen molar-refractivity contribution < 1.29 is 28.0 Å². The number of hydrogen-bond acceptors (Lipinski definition) is 8. The van der Waals surface area contributed by atoms with Gasteiger partial charge in [0, 0.05) is 25.7 Å². The van der Waals surface area contributed by atoms with E-state index in [1.807, 2.05) is 0 Å². The third kappa shape index (κ3) is 6.13. The van der Waals surface area contributed by atoms with E-state index in [1.54, 1.807) is 4.90 Å². The summed E-state index contributed by atoms with van der Waals surface area (Å²) in [4.78, 5) is 35.0. The van der Waals surface area contributed by atoms with Gasteiger partial charge in [0.25, 0.3) is 6.43 Å². The fourth-order valence-electron chi connectivity index (χ4n) is 5.43. The van der Waals surface area contributed by atoms with E-state index in [-0.39, 0.29) is 30.7 Å². The first-order valence-electron chi connectivity index (χ1n) is 12.2. The third-order valence-corrected chi connectivity index (χ3v) is 7.23. The van der Waals surface area contributed by atoms with Crippen molar-refractivity contribution in [2.75, 3.05) is 43.0 Å². The number of aromatic nitrogens is 2. The quantitative estimate of drug-likeness (QED) is 0.255. The van der Waals surface area contributed by atoms with Gasteiger partial charge in [-0.2, -0.15) is 4.39 Å². The number of amides is 2. The van der Waals surface area contributed by atoms with Gasteiger partial charge < -0.3 is 4.90 Å². The highest BCUT2D eigenvalue weighted by Gasteiger charge is 2.34. The molecule has 4 rings (SSSR count). The largest absolute Gasteiger partial charge is 0.351 e. The van der Waals surface area contributed by atoms with Crippen molar-refractivity contribution in [3.05, 3.63) is 11.6 Å². The van der Waals surface area contributed by atoms with Crippen LogP contribution in [0.5, 0.6) is 0 Å². The van der Waals surface area contributed by atoms with Crippen molar-refractivity contribution in [2.24, 2.45) is 11.8 Å². The standard InChI is InChI=1S/C22H32F3N7O3/c23-17-19(28-29-22(34)15(11-32(35)13-33)10-14-4-1-2-5-14)26-20(18(24)25)27-21(17)31-9-8-30-7-3-6-16(30)12-31/h13-16,18,35H,1-12H2,(H,29,34)(H,26,27,28)/t15-,16-/m0/s1. The summed E-state index contributed by atoms with van der Waals surface area (Å²) in [7, 11) is 0. The average molecular weight is 500 g/mol. The van der Waals surface area contributed by atoms with Crippen LogP contribution in [-0.4, -0.2) is 76.2 Å². The Labute approximate surface area is 201 Å². The van der Waals surface area contributed by atoms with Gasteiger partial charge in [-0.25, -0.2) is 23.8 Å². The van der Waals surface area contributed by atoms with Gasteiger partial charge in [-0.1, -0.05) is 25.7 Å². The molecular formula is C22H32F3N7O3. The molecule has 1 aromatic rings. The number of rotatable bonds is 10. The number of alkyl halides is 2. The van der Waals surface area contributed by atoms with E-state index in [0.717, 1.165) is 45.1 Å². The third-order valence-electron chi connectivity index (χ3n) is 7.23. The Kier molecular flexibility index (Phi) is 8.26. The molecule has 10 nitrogen and oxygen atoms in total. The Hall–Kier alpha value is -2.67. The van der Waals surface area contributed by atoms with Crippen LogP contribution in [0, 0.1) is 17.7 Å². The monoisotopic (exact) mass is 499 g/mol. The van der Waals surface area contributed by atoms with Crippen molar-refractivity contribution in [3.8, 4) is 0 Å². The zero-order valence-electron chi connectivity index (χ0n) is 19.5. The molecule has 2 amide bonds. The number of carbonyl (C=O) groups is 2. The summed E-state index contributed by atoms with van der Waals surface area (Å²) in [5, 5.41) is 10.0. The molecule has 0 radical (unpaired) electrons. The molecule has 0 bridgehead atoms. The first-order valence-corrected chi connectivity index (χ1v) is 12.2. The van der Waals surface area contributed by atoms with Gasteiger partial charge >= 0.3 is 0 Å². The summed E-state index contributed by atoms with van der Waals surface area (Å²) >= 11 is 0. The van der Waals surface area contributed by atoms with Crippen molar-refractivity contribution in [3.63, 3.8) is 0 Å². The lowest BCUT2D eigenvalue weighted by Crippen LogP contribution is -2.50. The van der Waals surface area contributed by atoms with Crippen LogP contribution < -0.4 is 15.8 Å². The number of hydrazine groups is 1. The number of fused-ring (bicyclic) bond motifs is 1. The van der Waals surface area contributed by atoms with Crippen molar-refractivity contribution in [2.45, 2.75) is 57.4 Å². The first kappa shape index (κ1) is 25.4. The number of nitrogens with zero attached hydrogens (tertiary/aromatic N) is 5. The summed E-state index contributed by atoms with van der Waals surface area (Å²) in [5.41, 5.74) is 4.68. The topological polar surface area (TPSA) is 114 Å². The van der Waals surface area contributed by atoms with E-state index in [2.05, 4.69) is 25.7 Å². The van der Waals surface area contributed by atoms with Crippen LogP contribution >= 0.6 is 0 Å². The molecule has 3 heterocycles. The minimum absolute atomic E-state index is 0.206. The van der Waals surface area contributed by atoms with Crippen molar-refractivity contribution >= 4 is 24.0 Å². The predicted octanol–water partition coefficient (Wildman–Crippen LogP) is 2.32. The molecule has 1 aromatic heterocycles. The molecule has 0 aromatic carbocycles. The molecule has 1 aliphatic carbocycles. The molecule has 2 saturated heterocycles. The molecule has 3 fully saturated rings. The molecule has 2 atom stereocenters. The van der Waals surface area contributed by atoms with Crippen LogP contribution in [0.1, 0.15) is 57.2 Å². The number of halogens is 3. The zero-order chi connectivity index (χ0) is 24.9. The highest BCUT2D eigenvalue weighted by atomic mass is 19.3. The van der Waals surface area contributed by atoms with Crippen LogP contribution in [0.25, 0.3) is 0 Å². The van der Waals surface area contributed by atoms with E-state index >= 15 is 4.39 Å². The van der Waals surface area contributed by atoms with Crippen molar-refractivity contribution in [1.29, 1.82) is 0 Å². The lowest BCUT2D eigenvalue weighted by molar-refractivity contribution is -0.154. The van der Waals surface area contributed by atoms with Crippen molar-refractivity contribution in [1.82, 2.24) is 25.4 Å². The Balaban J connectivity index is 1.48. The maximum atomic E-state index is 15.4. The lowest BCUT2D eigenvalue weighted by Gasteiger charge is -2.38. The molecular weight excluding hydrogens is 467 g/mol. The summed E-state index contributed by atoms with van der Waals surface area (Å²) in [6.07, 6.45) is 3.60. The molecule has 2 aliphatic heterocycles. The summed E-state index contributed by atoms with van der Waals surface area (Å²) in [6.45, 7) is 2.35. The fraction of sp³-hybridized carbons (Fsp3) is 0.727. The number of piperazine rings is 1. The highest BCUT2D eigenvalue weighted by Crippen LogP contribution is 2.32. The molecule has 3 N–H and O–H groups in total. The summed E-state index contributed by atoms with van der Waals surface area (Å²) in [5.74, 6) is -3.63. The molecule has 1 saturated carbocycles. The lowest BCUT2D eigenvalue weighted by atomic mass is 9.92. The smallest absolute Gasteiger partial charge is 0.297 e. The predicted molar refractivity (Wildman–Crippen MR) is 120 cm³/mol. The van der Waals surface area contributed by atoms with E-state index in [4.69, 9.17) is 0 Å². The average Bonchev–Trinajstić information content (AvgIpc) is 3.54. The van der Waals surface area contributed by atoms with Gasteiger partial charge in [0.2, 0.25) is 18.1 Å². The summed E-state index contributed by atoms with van der Waals surface area (Å²) < 4.78 is 42.4. The summed E-state index contributed by atoms with van der Waals surface area (Å²) in [6, 6.07) is 0.222. The van der Waals surface area contributed by atoms with Gasteiger partial charge in [-0.05, 0) is 31.7 Å². The van der Waals surface area contributed by atoms with Gasteiger partial charge in [0.1, 0.15) is 0 Å². The van der Waals surface area contributed by atoms with E-state index in [0.29, 0.717) is 31.1 Å². The van der Waals surface area contributed by atoms with Gasteiger partial charge in [0.05, 0.1) is 12.5 Å². The zero-order valence-corrected chi connectivity index (χ0v) is 19.5. The Morgan fingerprint density at radius 1 is 1.17 bits per heavy atom. The molecule has 0 unspecified atom stereocenters. The van der Waals surface area contributed by atoms with Gasteiger partial charge in [0.15, 0.2) is 17.5 Å². The molecule has 13 heteroatoms. The maximum absolute atomic E-state index is 15.4. The minimum atomic E-state index is -3.02. The van der Waals surface area contributed by atoms with E-state index < -0.39 is 35.7 Å². The van der Waals surface area contributed by atoms with Crippen LogP contribution in [-0.2, 0) is 9.59 Å². The Morgan fingerprint density at radius 2 is 1.94 bits per heavy atom. The normalized spacial score (nSPS) is 21.7. The molecule has 194 valence electrons. The van der Waals surface area contributed by atoms with Gasteiger partial charge in [-0.3, -0.25) is 30.5 Å². The van der Waals surface area contributed by atoms with E-state index in [9.17, 15) is 23.6 Å². The van der Waals surface area contributed by atoms with Crippen LogP contribution in [0.15, 0.2) is 0 Å². The SMILES string of the molecule is O=CN(O)C[C@H](CC1CCCC1)C(=O)NNc1nc(C(F)F)nc(N2CCN3CCC[C@H]3C2)c1F. The highest BCUT2D eigenvalue weighted by molar-refractivity contribution is 5.80. The number of anilines is 2. The van der Waals surface area contributed by atoms with Gasteiger partial charge in [-0.15, -0.1) is 0 Å². The Morgan fingerprint density at radius 3 is 2.66 bits per heavy atom. The minimum Gasteiger partial charge on any atom is -0.351 e. The number of carbonyl (C=O) groups excluding carboxylic acids is 2. The molecule has 0 spiro atoms. The second-order valence-electron chi connectivity index (χ2n) is 9.57. The number of hydrogen-bond donors (Lipinski definition) is 3. The van der Waals surface area contributed by atoms with Crippen LogP contribution in [0.2, 0.25) is 0 Å². The van der Waals surface area contributed by atoms with Crippen LogP contribution in [0.3, 0.4) is 0 Å². The van der Waals surface area contributed by atoms with Crippen LogP contribution in [0.4, 0.5) is 24.8 Å². The van der Waals surface area contributed by atoms with E-state index in [1.165, 1.54) is 0 Å². The second kappa shape index (κ2) is 11.4. The Bertz CT molecular complexity index is 903. The first-order chi connectivity index (χ1) is 16.9. The molecule has 35 heavy (non-hydrogen) atoms. The maximum Gasteiger partial charge on any atom is 0.297 e. The fourth-order valence-corrected chi connectivity index (χ4v) is 5.43. The molecule has 3 aliphatic rings.